The Kier molecular flexibility index (Phi) is 6.12. The molecule has 0 spiro atoms. The molecular weight excluding hydrogens is 314 g/mol. The van der Waals surface area contributed by atoms with Crippen molar-refractivity contribution in [3.8, 4) is 0 Å². The summed E-state index contributed by atoms with van der Waals surface area (Å²) >= 11 is 0. The number of rotatable bonds is 6. The van der Waals surface area contributed by atoms with Crippen molar-refractivity contribution < 1.29 is 9.59 Å². The predicted molar refractivity (Wildman–Crippen MR) is 100 cm³/mol. The maximum absolute atomic E-state index is 12.8. The molecule has 0 aliphatic carbocycles. The second-order valence-corrected chi connectivity index (χ2v) is 6.49. The molecule has 0 saturated carbocycles. The molecule has 1 unspecified atom stereocenters. The van der Waals surface area contributed by atoms with Crippen LogP contribution in [0.15, 0.2) is 24.3 Å². The van der Waals surface area contributed by atoms with Gasteiger partial charge in [-0.1, -0.05) is 20.8 Å². The SMILES string of the molecule is CCCC(=O)Nc1ccc(C(=O)n2nc(C)c(C(C)CC)c2C)cc1. The van der Waals surface area contributed by atoms with Crippen LogP contribution in [0.2, 0.25) is 0 Å². The molecule has 1 amide bonds. The number of carbonyl (C=O) groups is 2. The monoisotopic (exact) mass is 341 g/mol. The normalized spacial score (nSPS) is 12.0. The predicted octanol–water partition coefficient (Wildman–Crippen LogP) is 4.44. The minimum Gasteiger partial charge on any atom is -0.326 e. The maximum Gasteiger partial charge on any atom is 0.278 e. The molecule has 5 heteroatoms. The average molecular weight is 341 g/mol. The molecule has 5 nitrogen and oxygen atoms in total. The fourth-order valence-electron chi connectivity index (χ4n) is 3.04. The Morgan fingerprint density at radius 3 is 2.36 bits per heavy atom. The van der Waals surface area contributed by atoms with E-state index in [2.05, 4.69) is 24.3 Å². The first-order valence-electron chi connectivity index (χ1n) is 8.89. The van der Waals surface area contributed by atoms with E-state index < -0.39 is 0 Å². The molecule has 1 aromatic heterocycles. The Hall–Kier alpha value is -2.43. The zero-order chi connectivity index (χ0) is 18.6. The van der Waals surface area contributed by atoms with E-state index in [1.165, 1.54) is 4.68 Å². The van der Waals surface area contributed by atoms with Crippen LogP contribution in [0.4, 0.5) is 5.69 Å². The van der Waals surface area contributed by atoms with Crippen molar-refractivity contribution >= 4 is 17.5 Å². The summed E-state index contributed by atoms with van der Waals surface area (Å²) in [6, 6.07) is 6.96. The van der Waals surface area contributed by atoms with Crippen LogP contribution in [-0.2, 0) is 4.79 Å². The molecule has 25 heavy (non-hydrogen) atoms. The van der Waals surface area contributed by atoms with Gasteiger partial charge in [0.05, 0.1) is 5.69 Å². The van der Waals surface area contributed by atoms with Crippen LogP contribution in [-0.4, -0.2) is 21.6 Å². The molecule has 1 heterocycles. The molecule has 1 N–H and O–H groups in total. The van der Waals surface area contributed by atoms with Crippen LogP contribution in [0.5, 0.6) is 0 Å². The second kappa shape index (κ2) is 8.10. The topological polar surface area (TPSA) is 64.0 Å². The molecule has 134 valence electrons. The van der Waals surface area contributed by atoms with Gasteiger partial charge in [-0.25, -0.2) is 4.68 Å². The highest BCUT2D eigenvalue weighted by atomic mass is 16.2. The van der Waals surface area contributed by atoms with Crippen LogP contribution >= 0.6 is 0 Å². The number of hydrogen-bond acceptors (Lipinski definition) is 3. The molecule has 2 rings (SSSR count). The molecule has 0 bridgehead atoms. The molecule has 1 atom stereocenters. The number of nitrogens with one attached hydrogen (secondary N) is 1. The number of amides is 1. The van der Waals surface area contributed by atoms with E-state index in [1.807, 2.05) is 20.8 Å². The van der Waals surface area contributed by atoms with Gasteiger partial charge in [0.2, 0.25) is 5.91 Å². The second-order valence-electron chi connectivity index (χ2n) is 6.49. The lowest BCUT2D eigenvalue weighted by atomic mass is 9.97. The van der Waals surface area contributed by atoms with Crippen LogP contribution < -0.4 is 5.32 Å². The summed E-state index contributed by atoms with van der Waals surface area (Å²) in [5.41, 5.74) is 4.21. The average Bonchev–Trinajstić information content (AvgIpc) is 2.89. The lowest BCUT2D eigenvalue weighted by Crippen LogP contribution is -2.16. The summed E-state index contributed by atoms with van der Waals surface area (Å²) in [5, 5.41) is 7.27. The quantitative estimate of drug-likeness (QED) is 0.845. The zero-order valence-corrected chi connectivity index (χ0v) is 15.7. The number of carbonyl (C=O) groups excluding carboxylic acids is 2. The lowest BCUT2D eigenvalue weighted by Gasteiger charge is -2.10. The van der Waals surface area contributed by atoms with Gasteiger partial charge < -0.3 is 5.32 Å². The van der Waals surface area contributed by atoms with E-state index >= 15 is 0 Å². The fourth-order valence-corrected chi connectivity index (χ4v) is 3.04. The van der Waals surface area contributed by atoms with E-state index in [4.69, 9.17) is 0 Å². The third-order valence-corrected chi connectivity index (χ3v) is 4.54. The summed E-state index contributed by atoms with van der Waals surface area (Å²) in [6.07, 6.45) is 2.30. The molecule has 2 aromatic rings. The lowest BCUT2D eigenvalue weighted by molar-refractivity contribution is -0.116. The fraction of sp³-hybridized carbons (Fsp3) is 0.450. The molecule has 0 fully saturated rings. The summed E-state index contributed by atoms with van der Waals surface area (Å²) in [5.74, 6) is 0.206. The molecule has 0 radical (unpaired) electrons. The summed E-state index contributed by atoms with van der Waals surface area (Å²) in [4.78, 5) is 24.4. The van der Waals surface area contributed by atoms with Crippen molar-refractivity contribution in [3.63, 3.8) is 0 Å². The number of anilines is 1. The molecule has 0 aliphatic rings. The minimum absolute atomic E-state index is 0.0154. The molecule has 0 aliphatic heterocycles. The highest BCUT2D eigenvalue weighted by Crippen LogP contribution is 2.26. The number of nitrogens with zero attached hydrogens (tertiary/aromatic N) is 2. The van der Waals surface area contributed by atoms with E-state index in [0.717, 1.165) is 29.8 Å². The Bertz CT molecular complexity index is 760. The largest absolute Gasteiger partial charge is 0.326 e. The Balaban J connectivity index is 2.22. The van der Waals surface area contributed by atoms with Gasteiger partial charge in [0.25, 0.3) is 5.91 Å². The minimum atomic E-state index is -0.151. The van der Waals surface area contributed by atoms with Gasteiger partial charge in [0, 0.05) is 23.4 Å². The van der Waals surface area contributed by atoms with Crippen molar-refractivity contribution in [1.82, 2.24) is 9.78 Å². The van der Waals surface area contributed by atoms with Gasteiger partial charge in [-0.15, -0.1) is 0 Å². The van der Waals surface area contributed by atoms with Gasteiger partial charge in [-0.05, 0) is 62.4 Å². The number of benzene rings is 1. The number of hydrogen-bond donors (Lipinski definition) is 1. The van der Waals surface area contributed by atoms with Crippen LogP contribution in [0.1, 0.15) is 73.3 Å². The Morgan fingerprint density at radius 1 is 1.16 bits per heavy atom. The van der Waals surface area contributed by atoms with E-state index in [9.17, 15) is 9.59 Å². The first-order chi connectivity index (χ1) is 11.9. The van der Waals surface area contributed by atoms with Crippen molar-refractivity contribution in [2.24, 2.45) is 0 Å². The number of aryl methyl sites for hydroxylation is 1. The Labute approximate surface area is 149 Å². The summed E-state index contributed by atoms with van der Waals surface area (Å²) in [7, 11) is 0. The van der Waals surface area contributed by atoms with Crippen LogP contribution in [0, 0.1) is 13.8 Å². The standard InChI is InChI=1S/C20H27N3O2/c1-6-8-18(24)21-17-11-9-16(10-12-17)20(25)23-15(5)19(13(3)7-2)14(4)22-23/h9-13H,6-8H2,1-5H3,(H,21,24). The third kappa shape index (κ3) is 4.16. The van der Waals surface area contributed by atoms with Crippen molar-refractivity contribution in [3.05, 3.63) is 46.8 Å². The summed E-state index contributed by atoms with van der Waals surface area (Å²) < 4.78 is 1.49. The molecule has 0 saturated heterocycles. The smallest absolute Gasteiger partial charge is 0.278 e. The highest BCUT2D eigenvalue weighted by Gasteiger charge is 2.20. The van der Waals surface area contributed by atoms with Gasteiger partial charge in [-0.3, -0.25) is 9.59 Å². The third-order valence-electron chi connectivity index (χ3n) is 4.54. The van der Waals surface area contributed by atoms with Crippen LogP contribution in [0.25, 0.3) is 0 Å². The Morgan fingerprint density at radius 2 is 1.80 bits per heavy atom. The van der Waals surface area contributed by atoms with E-state index in [0.29, 0.717) is 23.6 Å². The first kappa shape index (κ1) is 18.9. The zero-order valence-electron chi connectivity index (χ0n) is 15.7. The van der Waals surface area contributed by atoms with E-state index in [1.54, 1.807) is 24.3 Å². The van der Waals surface area contributed by atoms with Gasteiger partial charge in [0.1, 0.15) is 0 Å². The molecular formula is C20H27N3O2. The molecule has 1 aromatic carbocycles. The highest BCUT2D eigenvalue weighted by molar-refractivity contribution is 5.97. The van der Waals surface area contributed by atoms with Gasteiger partial charge in [-0.2, -0.15) is 5.10 Å². The maximum atomic E-state index is 12.8. The van der Waals surface area contributed by atoms with Crippen molar-refractivity contribution in [1.29, 1.82) is 0 Å². The van der Waals surface area contributed by atoms with Crippen LogP contribution in [0.3, 0.4) is 0 Å². The van der Waals surface area contributed by atoms with Crippen molar-refractivity contribution in [2.45, 2.75) is 59.8 Å². The van der Waals surface area contributed by atoms with Crippen molar-refractivity contribution in [2.75, 3.05) is 5.32 Å². The van der Waals surface area contributed by atoms with E-state index in [-0.39, 0.29) is 11.8 Å². The van der Waals surface area contributed by atoms with Gasteiger partial charge >= 0.3 is 0 Å². The first-order valence-corrected chi connectivity index (χ1v) is 8.89. The van der Waals surface area contributed by atoms with Gasteiger partial charge in [0.15, 0.2) is 0 Å². The summed E-state index contributed by atoms with van der Waals surface area (Å²) in [6.45, 7) is 10.1. The number of aromatic nitrogens is 2.